The van der Waals surface area contributed by atoms with Crippen molar-refractivity contribution in [1.82, 2.24) is 9.88 Å². The van der Waals surface area contributed by atoms with Gasteiger partial charge in [0.2, 0.25) is 5.43 Å². The Kier molecular flexibility index (Phi) is 8.46. The van der Waals surface area contributed by atoms with Gasteiger partial charge in [0, 0.05) is 37.0 Å². The zero-order chi connectivity index (χ0) is 30.7. The maximum atomic E-state index is 14.5. The lowest BCUT2D eigenvalue weighted by Gasteiger charge is -2.24. The molecule has 0 saturated carbocycles. The number of aryl methyl sites for hydroxylation is 1. The number of hydrogen-bond donors (Lipinski definition) is 3. The number of nitrogens with one attached hydrogen (secondary N) is 2. The highest BCUT2D eigenvalue weighted by Crippen LogP contribution is 2.31. The molecule has 3 N–H and O–H groups in total. The highest BCUT2D eigenvalue weighted by atomic mass is 19.1. The van der Waals surface area contributed by atoms with Gasteiger partial charge in [0.05, 0.1) is 11.7 Å². The van der Waals surface area contributed by atoms with E-state index in [0.717, 1.165) is 6.20 Å². The van der Waals surface area contributed by atoms with Crippen LogP contribution in [0.3, 0.4) is 0 Å². The molecule has 8 nitrogen and oxygen atoms in total. The van der Waals surface area contributed by atoms with Gasteiger partial charge in [0.15, 0.2) is 11.4 Å². The standard InChI is InChI=1S/C31H25F4N3O5/c32-19-11-24(34)21(25(35)12-19)14-37-30(40)22-15-38(20-10-9-18-7-4-8-23(33)26(18)36-13-20)27(31(41)42)29(28(22)39)43-16-17-5-2-1-3-6-17/h1-8,11-12,15,20,36H,9-10,13-14,16H2,(H,37,40)(H,41,42)/t20-/m1/s1. The van der Waals surface area contributed by atoms with Crippen LogP contribution in [0.2, 0.25) is 0 Å². The first kappa shape index (κ1) is 29.4. The first-order chi connectivity index (χ1) is 20.6. The number of amides is 1. The summed E-state index contributed by atoms with van der Waals surface area (Å²) >= 11 is 0. The number of anilines is 1. The van der Waals surface area contributed by atoms with Crippen LogP contribution in [0, 0.1) is 23.3 Å². The minimum Gasteiger partial charge on any atom is -0.482 e. The number of hydrogen-bond acceptors (Lipinski definition) is 5. The smallest absolute Gasteiger partial charge is 0.356 e. The van der Waals surface area contributed by atoms with E-state index in [2.05, 4.69) is 10.6 Å². The average Bonchev–Trinajstić information content (AvgIpc) is 3.20. The number of aromatic nitrogens is 1. The Morgan fingerprint density at radius 3 is 2.42 bits per heavy atom. The molecule has 1 aliphatic rings. The maximum absolute atomic E-state index is 14.5. The van der Waals surface area contributed by atoms with Crippen LogP contribution < -0.4 is 20.8 Å². The third-order valence-electron chi connectivity index (χ3n) is 7.15. The molecule has 3 aromatic carbocycles. The summed E-state index contributed by atoms with van der Waals surface area (Å²) in [5.74, 6) is -7.29. The summed E-state index contributed by atoms with van der Waals surface area (Å²) in [4.78, 5) is 39.4. The van der Waals surface area contributed by atoms with Gasteiger partial charge in [-0.25, -0.2) is 22.4 Å². The van der Waals surface area contributed by atoms with E-state index in [9.17, 15) is 37.1 Å². The van der Waals surface area contributed by atoms with Crippen molar-refractivity contribution in [1.29, 1.82) is 0 Å². The van der Waals surface area contributed by atoms with Crippen molar-refractivity contribution in [3.8, 4) is 5.75 Å². The molecule has 1 aliphatic heterocycles. The third kappa shape index (κ3) is 6.22. The molecule has 12 heteroatoms. The number of pyridine rings is 1. The molecule has 43 heavy (non-hydrogen) atoms. The molecule has 0 spiro atoms. The van der Waals surface area contributed by atoms with Gasteiger partial charge in [-0.3, -0.25) is 9.59 Å². The number of para-hydroxylation sites is 1. The van der Waals surface area contributed by atoms with E-state index in [4.69, 9.17) is 4.74 Å². The summed E-state index contributed by atoms with van der Waals surface area (Å²) in [6.45, 7) is -0.883. The first-order valence-electron chi connectivity index (χ1n) is 13.3. The largest absolute Gasteiger partial charge is 0.482 e. The van der Waals surface area contributed by atoms with Crippen molar-refractivity contribution in [3.63, 3.8) is 0 Å². The predicted octanol–water partition coefficient (Wildman–Crippen LogP) is 5.21. The topological polar surface area (TPSA) is 110 Å². The van der Waals surface area contributed by atoms with Crippen molar-refractivity contribution in [2.45, 2.75) is 32.0 Å². The molecule has 0 fully saturated rings. The molecule has 1 atom stereocenters. The normalized spacial score (nSPS) is 14.3. The van der Waals surface area contributed by atoms with Crippen molar-refractivity contribution in [2.24, 2.45) is 0 Å². The SMILES string of the molecule is O=C(NCc1c(F)cc(F)cc1F)c1cn([C@@H]2CCc3cccc(F)c3NC2)c(C(=O)O)c(OCc2ccccc2)c1=O. The number of fused-ring (bicyclic) bond motifs is 1. The van der Waals surface area contributed by atoms with E-state index in [1.807, 2.05) is 0 Å². The maximum Gasteiger partial charge on any atom is 0.356 e. The zero-order valence-electron chi connectivity index (χ0n) is 22.5. The number of carbonyl (C=O) groups excluding carboxylic acids is 1. The fourth-order valence-corrected chi connectivity index (χ4v) is 4.99. The number of ether oxygens (including phenoxy) is 1. The Labute approximate surface area is 242 Å². The van der Waals surface area contributed by atoms with Gasteiger partial charge in [-0.2, -0.15) is 0 Å². The van der Waals surface area contributed by atoms with Crippen LogP contribution in [0.15, 0.2) is 71.7 Å². The molecule has 222 valence electrons. The average molecular weight is 596 g/mol. The monoisotopic (exact) mass is 595 g/mol. The van der Waals surface area contributed by atoms with Crippen LogP contribution in [0.4, 0.5) is 23.2 Å². The highest BCUT2D eigenvalue weighted by molar-refractivity contribution is 5.96. The lowest BCUT2D eigenvalue weighted by Crippen LogP contribution is -2.34. The van der Waals surface area contributed by atoms with Gasteiger partial charge in [0.1, 0.15) is 35.4 Å². The lowest BCUT2D eigenvalue weighted by molar-refractivity contribution is 0.0673. The molecule has 0 aliphatic carbocycles. The molecular weight excluding hydrogens is 570 g/mol. The van der Waals surface area contributed by atoms with Gasteiger partial charge >= 0.3 is 5.97 Å². The number of nitrogens with zero attached hydrogens (tertiary/aromatic N) is 1. The number of rotatable bonds is 8. The van der Waals surface area contributed by atoms with E-state index in [-0.39, 0.29) is 18.8 Å². The quantitative estimate of drug-likeness (QED) is 0.241. The van der Waals surface area contributed by atoms with Crippen molar-refractivity contribution < 1.29 is 37.0 Å². The van der Waals surface area contributed by atoms with Gasteiger partial charge < -0.3 is 25.0 Å². The molecule has 2 heterocycles. The Bertz CT molecular complexity index is 1740. The van der Waals surface area contributed by atoms with Gasteiger partial charge in [0.25, 0.3) is 5.91 Å². The molecule has 1 aromatic heterocycles. The molecule has 5 rings (SSSR count). The van der Waals surface area contributed by atoms with Crippen LogP contribution in [-0.4, -0.2) is 28.1 Å². The molecule has 0 unspecified atom stereocenters. The summed E-state index contributed by atoms with van der Waals surface area (Å²) in [6, 6.07) is 13.4. The van der Waals surface area contributed by atoms with E-state index in [1.165, 1.54) is 10.6 Å². The Hall–Kier alpha value is -5.13. The zero-order valence-corrected chi connectivity index (χ0v) is 22.5. The minimum atomic E-state index is -1.50. The van der Waals surface area contributed by atoms with Gasteiger partial charge in [-0.1, -0.05) is 42.5 Å². The van der Waals surface area contributed by atoms with Crippen LogP contribution in [0.25, 0.3) is 0 Å². The minimum absolute atomic E-state index is 0.0439. The molecular formula is C31H25F4N3O5. The summed E-state index contributed by atoms with van der Waals surface area (Å²) in [7, 11) is 0. The number of carboxylic acid groups (broad SMARTS) is 1. The Balaban J connectivity index is 1.55. The molecule has 0 bridgehead atoms. The van der Waals surface area contributed by atoms with Crippen molar-refractivity contribution in [3.05, 3.63) is 128 Å². The number of benzene rings is 3. The van der Waals surface area contributed by atoms with E-state index >= 15 is 0 Å². The fourth-order valence-electron chi connectivity index (χ4n) is 4.99. The van der Waals surface area contributed by atoms with E-state index in [0.29, 0.717) is 36.1 Å². The van der Waals surface area contributed by atoms with Gasteiger partial charge in [-0.15, -0.1) is 0 Å². The van der Waals surface area contributed by atoms with Crippen LogP contribution >= 0.6 is 0 Å². The summed E-state index contributed by atoms with van der Waals surface area (Å²) < 4.78 is 63.1. The molecule has 1 amide bonds. The van der Waals surface area contributed by atoms with E-state index in [1.54, 1.807) is 42.5 Å². The van der Waals surface area contributed by atoms with E-state index < -0.39 is 75.7 Å². The fraction of sp³-hybridized carbons (Fsp3) is 0.194. The predicted molar refractivity (Wildman–Crippen MR) is 148 cm³/mol. The second-order valence-corrected chi connectivity index (χ2v) is 9.91. The summed E-state index contributed by atoms with van der Waals surface area (Å²) in [6.07, 6.45) is 1.70. The number of halogens is 4. The van der Waals surface area contributed by atoms with Crippen LogP contribution in [-0.2, 0) is 19.6 Å². The molecule has 4 aromatic rings. The summed E-state index contributed by atoms with van der Waals surface area (Å²) in [5, 5.41) is 15.5. The highest BCUT2D eigenvalue weighted by Gasteiger charge is 2.30. The van der Waals surface area contributed by atoms with Crippen molar-refractivity contribution >= 4 is 17.6 Å². The first-order valence-corrected chi connectivity index (χ1v) is 13.3. The van der Waals surface area contributed by atoms with Crippen molar-refractivity contribution in [2.75, 3.05) is 11.9 Å². The molecule has 0 saturated heterocycles. The number of carboxylic acids is 1. The second kappa shape index (κ2) is 12.4. The third-order valence-corrected chi connectivity index (χ3v) is 7.15. The van der Waals surface area contributed by atoms with Gasteiger partial charge in [-0.05, 0) is 30.0 Å². The Morgan fingerprint density at radius 2 is 1.72 bits per heavy atom. The van der Waals surface area contributed by atoms with Crippen LogP contribution in [0.5, 0.6) is 5.75 Å². The Morgan fingerprint density at radius 1 is 1.00 bits per heavy atom. The second-order valence-electron chi connectivity index (χ2n) is 9.91. The lowest BCUT2D eigenvalue weighted by atomic mass is 10.0. The summed E-state index contributed by atoms with van der Waals surface area (Å²) in [5.41, 5.74) is -1.21. The number of aromatic carboxylic acids is 1. The van der Waals surface area contributed by atoms with Crippen LogP contribution in [0.1, 0.15) is 50.0 Å². The molecule has 0 radical (unpaired) electrons. The number of carbonyl (C=O) groups is 2.